The maximum absolute atomic E-state index is 11.2. The van der Waals surface area contributed by atoms with Crippen molar-refractivity contribution in [1.29, 1.82) is 0 Å². The van der Waals surface area contributed by atoms with Gasteiger partial charge in [0.25, 0.3) is 0 Å². The number of aliphatic hydroxyl groups is 1. The standard InChI is InChI=1S/C14H19N3O4/c15-5-10-1-3-12(4-2-10)21-9-11(18)6-17-7-13(19)16-14(20)8-17/h1-4,11,18H,5-9,15H2,(H,16,19,20). The largest absolute Gasteiger partial charge is 0.491 e. The zero-order chi connectivity index (χ0) is 15.2. The summed E-state index contributed by atoms with van der Waals surface area (Å²) in [6, 6.07) is 7.28. The zero-order valence-electron chi connectivity index (χ0n) is 11.6. The molecule has 7 nitrogen and oxygen atoms in total. The van der Waals surface area contributed by atoms with Crippen LogP contribution in [0.1, 0.15) is 5.56 Å². The van der Waals surface area contributed by atoms with Crippen molar-refractivity contribution < 1.29 is 19.4 Å². The van der Waals surface area contributed by atoms with Crippen LogP contribution in [0, 0.1) is 0 Å². The highest BCUT2D eigenvalue weighted by Gasteiger charge is 2.24. The molecule has 1 unspecified atom stereocenters. The summed E-state index contributed by atoms with van der Waals surface area (Å²) >= 11 is 0. The molecule has 1 saturated heterocycles. The van der Waals surface area contributed by atoms with Gasteiger partial charge < -0.3 is 15.6 Å². The number of hydrogen-bond acceptors (Lipinski definition) is 6. The summed E-state index contributed by atoms with van der Waals surface area (Å²) in [5.74, 6) is -0.0628. The number of β-amino-alcohol motifs (C(OH)–C–C–N with tert-alkyl or cyclic N) is 1. The molecule has 0 spiro atoms. The van der Waals surface area contributed by atoms with E-state index in [2.05, 4.69) is 5.32 Å². The number of rotatable bonds is 6. The van der Waals surface area contributed by atoms with E-state index in [1.165, 1.54) is 0 Å². The molecule has 1 atom stereocenters. The molecule has 1 aromatic rings. The second-order valence-electron chi connectivity index (χ2n) is 4.95. The average molecular weight is 293 g/mol. The molecule has 0 bridgehead atoms. The average Bonchev–Trinajstić information content (AvgIpc) is 2.44. The molecule has 1 heterocycles. The van der Waals surface area contributed by atoms with E-state index in [1.54, 1.807) is 17.0 Å². The van der Waals surface area contributed by atoms with Crippen molar-refractivity contribution in [3.8, 4) is 5.75 Å². The van der Waals surface area contributed by atoms with Crippen molar-refractivity contribution in [2.24, 2.45) is 5.73 Å². The first-order valence-electron chi connectivity index (χ1n) is 6.71. The summed E-state index contributed by atoms with van der Waals surface area (Å²) in [6.45, 7) is 0.976. The smallest absolute Gasteiger partial charge is 0.240 e. The number of ether oxygens (including phenoxy) is 1. The predicted octanol–water partition coefficient (Wildman–Crippen LogP) is -1.16. The number of nitrogens with two attached hydrogens (primary N) is 1. The van der Waals surface area contributed by atoms with Crippen molar-refractivity contribution in [3.05, 3.63) is 29.8 Å². The van der Waals surface area contributed by atoms with Gasteiger partial charge >= 0.3 is 0 Å². The molecule has 114 valence electrons. The molecular formula is C14H19N3O4. The molecule has 1 fully saturated rings. The number of nitrogens with zero attached hydrogens (tertiary/aromatic N) is 1. The Morgan fingerprint density at radius 3 is 2.43 bits per heavy atom. The second-order valence-corrected chi connectivity index (χ2v) is 4.95. The Kier molecular flexibility index (Phi) is 5.26. The lowest BCUT2D eigenvalue weighted by molar-refractivity contribution is -0.136. The predicted molar refractivity (Wildman–Crippen MR) is 75.4 cm³/mol. The third kappa shape index (κ3) is 4.82. The molecule has 0 saturated carbocycles. The summed E-state index contributed by atoms with van der Waals surface area (Å²) in [5, 5.41) is 12.1. The lowest BCUT2D eigenvalue weighted by Gasteiger charge is -2.27. The molecule has 0 aliphatic carbocycles. The fraction of sp³-hybridized carbons (Fsp3) is 0.429. The van der Waals surface area contributed by atoms with E-state index < -0.39 is 6.10 Å². The molecule has 1 aromatic carbocycles. The van der Waals surface area contributed by atoms with E-state index in [9.17, 15) is 14.7 Å². The van der Waals surface area contributed by atoms with Crippen molar-refractivity contribution in [2.45, 2.75) is 12.6 Å². The van der Waals surface area contributed by atoms with Gasteiger partial charge in [-0.1, -0.05) is 12.1 Å². The molecule has 4 N–H and O–H groups in total. The van der Waals surface area contributed by atoms with Crippen LogP contribution in [0.2, 0.25) is 0 Å². The van der Waals surface area contributed by atoms with Gasteiger partial charge in [0.2, 0.25) is 11.8 Å². The fourth-order valence-electron chi connectivity index (χ4n) is 2.09. The molecule has 1 aliphatic heterocycles. The summed E-state index contributed by atoms with van der Waals surface area (Å²) in [5.41, 5.74) is 6.50. The van der Waals surface area contributed by atoms with E-state index in [-0.39, 0.29) is 38.1 Å². The van der Waals surface area contributed by atoms with Crippen molar-refractivity contribution in [3.63, 3.8) is 0 Å². The van der Waals surface area contributed by atoms with Gasteiger partial charge in [-0.2, -0.15) is 0 Å². The molecule has 7 heteroatoms. The highest BCUT2D eigenvalue weighted by molar-refractivity contribution is 5.99. The van der Waals surface area contributed by atoms with Crippen LogP contribution >= 0.6 is 0 Å². The summed E-state index contributed by atoms with van der Waals surface area (Å²) in [7, 11) is 0. The van der Waals surface area contributed by atoms with Crippen molar-refractivity contribution in [2.75, 3.05) is 26.2 Å². The van der Waals surface area contributed by atoms with E-state index >= 15 is 0 Å². The summed E-state index contributed by atoms with van der Waals surface area (Å²) in [4.78, 5) is 24.0. The number of benzene rings is 1. The minimum Gasteiger partial charge on any atom is -0.491 e. The number of carbonyl (C=O) groups is 2. The molecule has 2 amide bonds. The number of carbonyl (C=O) groups excluding carboxylic acids is 2. The van der Waals surface area contributed by atoms with Gasteiger partial charge in [0.15, 0.2) is 0 Å². The highest BCUT2D eigenvalue weighted by Crippen LogP contribution is 2.12. The lowest BCUT2D eigenvalue weighted by atomic mass is 10.2. The Bertz CT molecular complexity index is 487. The Balaban J connectivity index is 1.77. The van der Waals surface area contributed by atoms with Gasteiger partial charge in [0.1, 0.15) is 18.5 Å². The van der Waals surface area contributed by atoms with Gasteiger partial charge in [-0.3, -0.25) is 19.8 Å². The van der Waals surface area contributed by atoms with E-state index in [1.807, 2.05) is 12.1 Å². The second kappa shape index (κ2) is 7.16. The highest BCUT2D eigenvalue weighted by atomic mass is 16.5. The van der Waals surface area contributed by atoms with Gasteiger partial charge in [-0.05, 0) is 17.7 Å². The van der Waals surface area contributed by atoms with Crippen LogP contribution in [0.15, 0.2) is 24.3 Å². The van der Waals surface area contributed by atoms with Crippen LogP contribution in [-0.4, -0.2) is 54.2 Å². The SMILES string of the molecule is NCc1ccc(OCC(O)CN2CC(=O)NC(=O)C2)cc1. The van der Waals surface area contributed by atoms with Crippen LogP contribution < -0.4 is 15.8 Å². The normalized spacial score (nSPS) is 17.4. The molecule has 0 radical (unpaired) electrons. The topological polar surface area (TPSA) is 105 Å². The van der Waals surface area contributed by atoms with Crippen molar-refractivity contribution in [1.82, 2.24) is 10.2 Å². The minimum absolute atomic E-state index is 0.0915. The van der Waals surface area contributed by atoms with E-state index in [0.29, 0.717) is 12.3 Å². The van der Waals surface area contributed by atoms with Crippen LogP contribution in [0.4, 0.5) is 0 Å². The number of hydrogen-bond donors (Lipinski definition) is 3. The fourth-order valence-corrected chi connectivity index (χ4v) is 2.09. The number of aliphatic hydroxyl groups excluding tert-OH is 1. The number of piperazine rings is 1. The van der Waals surface area contributed by atoms with Gasteiger partial charge in [-0.15, -0.1) is 0 Å². The lowest BCUT2D eigenvalue weighted by Crippen LogP contribution is -2.53. The van der Waals surface area contributed by atoms with Crippen molar-refractivity contribution >= 4 is 11.8 Å². The maximum atomic E-state index is 11.2. The first-order valence-corrected chi connectivity index (χ1v) is 6.71. The van der Waals surface area contributed by atoms with E-state index in [4.69, 9.17) is 10.5 Å². The first-order chi connectivity index (χ1) is 10.1. The zero-order valence-corrected chi connectivity index (χ0v) is 11.6. The number of imide groups is 1. The number of amides is 2. The Morgan fingerprint density at radius 2 is 1.86 bits per heavy atom. The quantitative estimate of drug-likeness (QED) is 0.572. The first kappa shape index (κ1) is 15.4. The van der Waals surface area contributed by atoms with Crippen LogP contribution in [0.25, 0.3) is 0 Å². The maximum Gasteiger partial charge on any atom is 0.240 e. The Hall–Kier alpha value is -1.96. The third-order valence-electron chi connectivity index (χ3n) is 3.08. The molecule has 2 rings (SSSR count). The molecule has 1 aliphatic rings. The van der Waals surface area contributed by atoms with Crippen LogP contribution in [0.5, 0.6) is 5.75 Å². The Morgan fingerprint density at radius 1 is 1.24 bits per heavy atom. The van der Waals surface area contributed by atoms with Gasteiger partial charge in [0.05, 0.1) is 13.1 Å². The summed E-state index contributed by atoms with van der Waals surface area (Å²) in [6.07, 6.45) is -0.780. The number of nitrogens with one attached hydrogen (secondary N) is 1. The third-order valence-corrected chi connectivity index (χ3v) is 3.08. The van der Waals surface area contributed by atoms with Crippen LogP contribution in [-0.2, 0) is 16.1 Å². The summed E-state index contributed by atoms with van der Waals surface area (Å²) < 4.78 is 5.46. The molecule has 0 aromatic heterocycles. The van der Waals surface area contributed by atoms with Crippen LogP contribution in [0.3, 0.4) is 0 Å². The molecular weight excluding hydrogens is 274 g/mol. The van der Waals surface area contributed by atoms with E-state index in [0.717, 1.165) is 5.56 Å². The molecule has 21 heavy (non-hydrogen) atoms. The minimum atomic E-state index is -0.780. The monoisotopic (exact) mass is 293 g/mol. The van der Waals surface area contributed by atoms with Gasteiger partial charge in [-0.25, -0.2) is 0 Å². The van der Waals surface area contributed by atoms with Gasteiger partial charge in [0, 0.05) is 13.1 Å². The Labute approximate surface area is 122 Å².